The van der Waals surface area contributed by atoms with E-state index in [1.54, 1.807) is 24.3 Å². The lowest BCUT2D eigenvalue weighted by molar-refractivity contribution is -0.126. The van der Waals surface area contributed by atoms with Gasteiger partial charge in [-0.2, -0.15) is 0 Å². The fraction of sp³-hybridized carbons (Fsp3) is 0.167. The maximum Gasteiger partial charge on any atom is 0.275 e. The van der Waals surface area contributed by atoms with Crippen LogP contribution in [0.5, 0.6) is 0 Å². The van der Waals surface area contributed by atoms with Crippen LogP contribution in [0, 0.1) is 17.6 Å². The molecule has 0 aromatic heterocycles. The van der Waals surface area contributed by atoms with Crippen molar-refractivity contribution in [2.75, 3.05) is 11.4 Å². The zero-order chi connectivity index (χ0) is 19.6. The number of amides is 3. The van der Waals surface area contributed by atoms with Gasteiger partial charge >= 0.3 is 0 Å². The lowest BCUT2D eigenvalue weighted by Crippen LogP contribution is -2.45. The van der Waals surface area contributed by atoms with Crippen molar-refractivity contribution >= 4 is 35.0 Å². The number of rotatable bonds is 3. The van der Waals surface area contributed by atoms with E-state index in [1.165, 1.54) is 4.90 Å². The zero-order valence-electron chi connectivity index (χ0n) is 13.8. The zero-order valence-corrected chi connectivity index (χ0v) is 14.6. The van der Waals surface area contributed by atoms with Crippen LogP contribution in [0.3, 0.4) is 0 Å². The predicted octanol–water partition coefficient (Wildman–Crippen LogP) is 2.43. The van der Waals surface area contributed by atoms with E-state index < -0.39 is 34.9 Å². The molecule has 0 bridgehead atoms. The summed E-state index contributed by atoms with van der Waals surface area (Å²) in [6, 6.07) is 9.54. The number of anilines is 1. The van der Waals surface area contributed by atoms with Gasteiger partial charge in [0.2, 0.25) is 11.8 Å². The Kier molecular flexibility index (Phi) is 5.36. The van der Waals surface area contributed by atoms with Gasteiger partial charge in [0, 0.05) is 23.7 Å². The molecule has 0 aliphatic carbocycles. The summed E-state index contributed by atoms with van der Waals surface area (Å²) in [5, 5.41) is 0.516. The molecule has 140 valence electrons. The Morgan fingerprint density at radius 1 is 1.04 bits per heavy atom. The second-order valence-electron chi connectivity index (χ2n) is 5.92. The average molecular weight is 394 g/mol. The van der Waals surface area contributed by atoms with Crippen molar-refractivity contribution in [1.82, 2.24) is 10.9 Å². The number of halogens is 3. The molecule has 1 saturated heterocycles. The Labute approximate surface area is 158 Å². The lowest BCUT2D eigenvalue weighted by atomic mass is 10.1. The summed E-state index contributed by atoms with van der Waals surface area (Å²) in [6.07, 6.45) is -0.0572. The molecule has 0 spiro atoms. The Hall–Kier alpha value is -3.00. The summed E-state index contributed by atoms with van der Waals surface area (Å²) in [4.78, 5) is 37.7. The first-order valence-electron chi connectivity index (χ1n) is 7.97. The Bertz CT molecular complexity index is 885. The molecule has 0 unspecified atom stereocenters. The van der Waals surface area contributed by atoms with E-state index in [0.29, 0.717) is 10.7 Å². The van der Waals surface area contributed by atoms with Gasteiger partial charge in [-0.15, -0.1) is 0 Å². The Morgan fingerprint density at radius 3 is 2.30 bits per heavy atom. The Morgan fingerprint density at radius 2 is 1.67 bits per heavy atom. The SMILES string of the molecule is O=C(NNC(=O)[C@@H]1CC(=O)N(c2ccc(Cl)cc2)C1)c1c(F)cccc1F. The summed E-state index contributed by atoms with van der Waals surface area (Å²) < 4.78 is 27.1. The molecule has 1 atom stereocenters. The summed E-state index contributed by atoms with van der Waals surface area (Å²) in [5.41, 5.74) is 3.87. The van der Waals surface area contributed by atoms with Gasteiger partial charge in [-0.25, -0.2) is 8.78 Å². The first-order valence-corrected chi connectivity index (χ1v) is 8.34. The van der Waals surface area contributed by atoms with Crippen LogP contribution in [-0.4, -0.2) is 24.3 Å². The number of carbonyl (C=O) groups excluding carboxylic acids is 3. The van der Waals surface area contributed by atoms with E-state index in [9.17, 15) is 23.2 Å². The van der Waals surface area contributed by atoms with Gasteiger partial charge in [0.15, 0.2) is 0 Å². The first-order chi connectivity index (χ1) is 12.9. The molecule has 1 fully saturated rings. The number of benzene rings is 2. The highest BCUT2D eigenvalue weighted by Crippen LogP contribution is 2.26. The molecule has 9 heteroatoms. The van der Waals surface area contributed by atoms with Crippen LogP contribution < -0.4 is 15.8 Å². The van der Waals surface area contributed by atoms with Crippen molar-refractivity contribution < 1.29 is 23.2 Å². The smallest absolute Gasteiger partial charge is 0.275 e. The minimum atomic E-state index is -1.13. The van der Waals surface area contributed by atoms with Crippen LogP contribution >= 0.6 is 11.6 Å². The third kappa shape index (κ3) is 4.06. The number of nitrogens with zero attached hydrogens (tertiary/aromatic N) is 1. The molecule has 2 aromatic carbocycles. The Balaban J connectivity index is 1.61. The number of hydrogen-bond acceptors (Lipinski definition) is 3. The van der Waals surface area contributed by atoms with Gasteiger partial charge in [0.25, 0.3) is 5.91 Å². The van der Waals surface area contributed by atoms with Crippen molar-refractivity contribution in [2.24, 2.45) is 5.92 Å². The van der Waals surface area contributed by atoms with Crippen molar-refractivity contribution in [3.63, 3.8) is 0 Å². The number of nitrogens with one attached hydrogen (secondary N) is 2. The topological polar surface area (TPSA) is 78.5 Å². The van der Waals surface area contributed by atoms with Crippen LogP contribution in [0.2, 0.25) is 5.02 Å². The monoisotopic (exact) mass is 393 g/mol. The second kappa shape index (κ2) is 7.71. The normalized spacial score (nSPS) is 16.3. The van der Waals surface area contributed by atoms with Crippen LogP contribution in [0.15, 0.2) is 42.5 Å². The molecule has 2 aromatic rings. The predicted molar refractivity (Wildman–Crippen MR) is 93.9 cm³/mol. The largest absolute Gasteiger partial charge is 0.312 e. The summed E-state index contributed by atoms with van der Waals surface area (Å²) in [6.45, 7) is 0.107. The second-order valence-corrected chi connectivity index (χ2v) is 6.36. The summed E-state index contributed by atoms with van der Waals surface area (Å²) in [5.74, 6) is -4.84. The number of hydrogen-bond donors (Lipinski definition) is 2. The molecule has 0 saturated carbocycles. The quantitative estimate of drug-likeness (QED) is 0.786. The summed E-state index contributed by atoms with van der Waals surface area (Å²) in [7, 11) is 0. The molecule has 3 rings (SSSR count). The minimum Gasteiger partial charge on any atom is -0.312 e. The highest BCUT2D eigenvalue weighted by atomic mass is 35.5. The van der Waals surface area contributed by atoms with Gasteiger partial charge in [0.05, 0.1) is 5.92 Å². The van der Waals surface area contributed by atoms with E-state index in [0.717, 1.165) is 18.2 Å². The van der Waals surface area contributed by atoms with Gasteiger partial charge in [-0.3, -0.25) is 25.2 Å². The van der Waals surface area contributed by atoms with Crippen molar-refractivity contribution in [3.8, 4) is 0 Å². The van der Waals surface area contributed by atoms with Crippen molar-refractivity contribution in [3.05, 3.63) is 64.7 Å². The highest BCUT2D eigenvalue weighted by Gasteiger charge is 2.35. The molecule has 2 N–H and O–H groups in total. The highest BCUT2D eigenvalue weighted by molar-refractivity contribution is 6.30. The fourth-order valence-electron chi connectivity index (χ4n) is 2.75. The molecular formula is C18H14ClF2N3O3. The molecule has 27 heavy (non-hydrogen) atoms. The van der Waals surface area contributed by atoms with E-state index in [-0.39, 0.29) is 18.9 Å². The molecule has 3 amide bonds. The van der Waals surface area contributed by atoms with E-state index in [4.69, 9.17) is 11.6 Å². The average Bonchev–Trinajstić information content (AvgIpc) is 3.02. The van der Waals surface area contributed by atoms with E-state index >= 15 is 0 Å². The molecule has 6 nitrogen and oxygen atoms in total. The van der Waals surface area contributed by atoms with Gasteiger partial charge in [-0.1, -0.05) is 17.7 Å². The number of hydrazine groups is 1. The van der Waals surface area contributed by atoms with Crippen LogP contribution in [0.1, 0.15) is 16.8 Å². The van der Waals surface area contributed by atoms with Crippen LogP contribution in [0.25, 0.3) is 0 Å². The molecule has 1 aliphatic rings. The number of carbonyl (C=O) groups is 3. The third-order valence-electron chi connectivity index (χ3n) is 4.12. The molecule has 1 heterocycles. The molecule has 0 radical (unpaired) electrons. The van der Waals surface area contributed by atoms with E-state index in [2.05, 4.69) is 5.43 Å². The van der Waals surface area contributed by atoms with Crippen LogP contribution in [-0.2, 0) is 9.59 Å². The van der Waals surface area contributed by atoms with Gasteiger partial charge < -0.3 is 4.90 Å². The van der Waals surface area contributed by atoms with E-state index in [1.807, 2.05) is 5.43 Å². The fourth-order valence-corrected chi connectivity index (χ4v) is 2.88. The van der Waals surface area contributed by atoms with Crippen LogP contribution in [0.4, 0.5) is 14.5 Å². The molecular weight excluding hydrogens is 380 g/mol. The lowest BCUT2D eigenvalue weighted by Gasteiger charge is -2.17. The third-order valence-corrected chi connectivity index (χ3v) is 4.38. The van der Waals surface area contributed by atoms with Gasteiger partial charge in [-0.05, 0) is 36.4 Å². The maximum atomic E-state index is 13.6. The molecule has 1 aliphatic heterocycles. The van der Waals surface area contributed by atoms with Crippen molar-refractivity contribution in [2.45, 2.75) is 6.42 Å². The maximum absolute atomic E-state index is 13.6. The first kappa shape index (κ1) is 18.8. The summed E-state index contributed by atoms with van der Waals surface area (Å²) >= 11 is 5.82. The van der Waals surface area contributed by atoms with Gasteiger partial charge in [0.1, 0.15) is 17.2 Å². The van der Waals surface area contributed by atoms with Crippen molar-refractivity contribution in [1.29, 1.82) is 0 Å². The minimum absolute atomic E-state index is 0.0572. The standard InChI is InChI=1S/C18H14ClF2N3O3/c19-11-4-6-12(7-5-11)24-9-10(8-15(24)25)17(26)22-23-18(27)16-13(20)2-1-3-14(16)21/h1-7,10H,8-9H2,(H,22,26)(H,23,27)/t10-/m1/s1.